The summed E-state index contributed by atoms with van der Waals surface area (Å²) >= 11 is 4.16. The number of imidazole rings is 1. The predicted octanol–water partition coefficient (Wildman–Crippen LogP) is 3.66. The molecule has 0 spiro atoms. The molecule has 0 saturated carbocycles. The first-order valence-corrected chi connectivity index (χ1v) is 8.20. The van der Waals surface area contributed by atoms with Crippen LogP contribution in [-0.2, 0) is 6.54 Å². The standard InChI is InChI=1S/C13H18IN3S/c1-3-5-15-12(10-8-11(14)18-9-10)13-16-6-7-17(13)4-2/h6-9,12,15H,3-5H2,1-2H3. The Labute approximate surface area is 126 Å². The molecule has 1 N–H and O–H groups in total. The Bertz CT molecular complexity index is 492. The van der Waals surface area contributed by atoms with Crippen LogP contribution in [0.5, 0.6) is 0 Å². The molecule has 0 fully saturated rings. The second-order valence-electron chi connectivity index (χ2n) is 4.14. The SMILES string of the molecule is CCCNC(c1csc(I)c1)c1nccn1CC. The van der Waals surface area contributed by atoms with E-state index in [1.807, 2.05) is 12.4 Å². The fourth-order valence-corrected chi connectivity index (χ4v) is 3.37. The molecule has 5 heteroatoms. The number of aryl methyl sites for hydroxylation is 1. The highest BCUT2D eigenvalue weighted by molar-refractivity contribution is 14.1. The molecule has 18 heavy (non-hydrogen) atoms. The zero-order chi connectivity index (χ0) is 13.0. The van der Waals surface area contributed by atoms with Crippen LogP contribution in [0.15, 0.2) is 23.8 Å². The van der Waals surface area contributed by atoms with Crippen molar-refractivity contribution in [2.24, 2.45) is 0 Å². The Kier molecular flexibility index (Phi) is 5.20. The molecule has 2 rings (SSSR count). The summed E-state index contributed by atoms with van der Waals surface area (Å²) in [6.45, 7) is 6.31. The topological polar surface area (TPSA) is 29.9 Å². The van der Waals surface area contributed by atoms with E-state index < -0.39 is 0 Å². The van der Waals surface area contributed by atoms with Crippen molar-refractivity contribution in [3.63, 3.8) is 0 Å². The number of hydrogen-bond acceptors (Lipinski definition) is 3. The van der Waals surface area contributed by atoms with E-state index >= 15 is 0 Å². The number of halogens is 1. The average molecular weight is 375 g/mol. The molecule has 0 aliphatic rings. The number of hydrogen-bond donors (Lipinski definition) is 1. The van der Waals surface area contributed by atoms with Gasteiger partial charge in [-0.2, -0.15) is 0 Å². The summed E-state index contributed by atoms with van der Waals surface area (Å²) in [4.78, 5) is 4.53. The zero-order valence-electron chi connectivity index (χ0n) is 10.7. The van der Waals surface area contributed by atoms with Crippen LogP contribution in [0.1, 0.15) is 37.7 Å². The monoisotopic (exact) mass is 375 g/mol. The van der Waals surface area contributed by atoms with Gasteiger partial charge >= 0.3 is 0 Å². The van der Waals surface area contributed by atoms with E-state index in [2.05, 4.69) is 62.8 Å². The molecule has 0 aliphatic heterocycles. The first-order valence-electron chi connectivity index (χ1n) is 6.24. The molecule has 0 bridgehead atoms. The lowest BCUT2D eigenvalue weighted by molar-refractivity contribution is 0.542. The number of nitrogens with one attached hydrogen (secondary N) is 1. The van der Waals surface area contributed by atoms with Gasteiger partial charge in [0.15, 0.2) is 0 Å². The molecular weight excluding hydrogens is 357 g/mol. The molecule has 0 saturated heterocycles. The Morgan fingerprint density at radius 3 is 2.94 bits per heavy atom. The molecule has 1 unspecified atom stereocenters. The van der Waals surface area contributed by atoms with Gasteiger partial charge in [-0.3, -0.25) is 0 Å². The van der Waals surface area contributed by atoms with Gasteiger partial charge in [0.1, 0.15) is 5.82 Å². The van der Waals surface area contributed by atoms with Crippen LogP contribution < -0.4 is 5.32 Å². The number of thiophene rings is 1. The van der Waals surface area contributed by atoms with E-state index in [1.165, 1.54) is 8.45 Å². The van der Waals surface area contributed by atoms with Gasteiger partial charge in [-0.25, -0.2) is 4.98 Å². The second kappa shape index (κ2) is 6.68. The molecule has 0 aromatic carbocycles. The summed E-state index contributed by atoms with van der Waals surface area (Å²) in [5.74, 6) is 1.11. The molecule has 2 aromatic heterocycles. The van der Waals surface area contributed by atoms with Gasteiger partial charge in [0, 0.05) is 18.9 Å². The number of nitrogens with zero attached hydrogens (tertiary/aromatic N) is 2. The van der Waals surface area contributed by atoms with Crippen molar-refractivity contribution in [1.82, 2.24) is 14.9 Å². The molecule has 2 heterocycles. The van der Waals surface area contributed by atoms with Crippen molar-refractivity contribution in [2.45, 2.75) is 32.9 Å². The zero-order valence-corrected chi connectivity index (χ0v) is 13.7. The molecule has 0 amide bonds. The van der Waals surface area contributed by atoms with Crippen LogP contribution in [0.25, 0.3) is 0 Å². The Balaban J connectivity index is 2.30. The third kappa shape index (κ3) is 3.13. The van der Waals surface area contributed by atoms with Gasteiger partial charge in [0.05, 0.1) is 8.93 Å². The molecule has 3 nitrogen and oxygen atoms in total. The highest BCUT2D eigenvalue weighted by Gasteiger charge is 2.19. The first kappa shape index (κ1) is 14.0. The highest BCUT2D eigenvalue weighted by atomic mass is 127. The molecule has 0 aliphatic carbocycles. The van der Waals surface area contributed by atoms with Gasteiger partial charge in [0.25, 0.3) is 0 Å². The maximum Gasteiger partial charge on any atom is 0.130 e. The lowest BCUT2D eigenvalue weighted by Gasteiger charge is -2.18. The normalized spacial score (nSPS) is 12.8. The van der Waals surface area contributed by atoms with E-state index in [9.17, 15) is 0 Å². The molecule has 2 aromatic rings. The number of aromatic nitrogens is 2. The van der Waals surface area contributed by atoms with Crippen LogP contribution in [-0.4, -0.2) is 16.1 Å². The minimum atomic E-state index is 0.208. The molecular formula is C13H18IN3S. The van der Waals surface area contributed by atoms with Crippen molar-refractivity contribution in [2.75, 3.05) is 6.54 Å². The summed E-state index contributed by atoms with van der Waals surface area (Å²) in [5, 5.41) is 5.82. The van der Waals surface area contributed by atoms with E-state index in [0.717, 1.165) is 25.3 Å². The molecule has 1 atom stereocenters. The van der Waals surface area contributed by atoms with Crippen molar-refractivity contribution < 1.29 is 0 Å². The van der Waals surface area contributed by atoms with Crippen molar-refractivity contribution in [3.8, 4) is 0 Å². The third-order valence-electron chi connectivity index (χ3n) is 2.87. The Morgan fingerprint density at radius 1 is 1.50 bits per heavy atom. The van der Waals surface area contributed by atoms with Crippen LogP contribution in [0, 0.1) is 2.88 Å². The molecule has 98 valence electrons. The van der Waals surface area contributed by atoms with Gasteiger partial charge in [-0.1, -0.05) is 6.92 Å². The van der Waals surface area contributed by atoms with Crippen molar-refractivity contribution in [1.29, 1.82) is 0 Å². The van der Waals surface area contributed by atoms with Gasteiger partial charge < -0.3 is 9.88 Å². The van der Waals surface area contributed by atoms with E-state index in [4.69, 9.17) is 0 Å². The van der Waals surface area contributed by atoms with Crippen molar-refractivity contribution in [3.05, 3.63) is 38.1 Å². The fraction of sp³-hybridized carbons (Fsp3) is 0.462. The highest BCUT2D eigenvalue weighted by Crippen LogP contribution is 2.26. The van der Waals surface area contributed by atoms with E-state index in [1.54, 1.807) is 11.3 Å². The smallest absolute Gasteiger partial charge is 0.130 e. The third-order valence-corrected chi connectivity index (χ3v) is 4.67. The first-order chi connectivity index (χ1) is 8.76. The van der Waals surface area contributed by atoms with Crippen molar-refractivity contribution >= 4 is 33.9 Å². The van der Waals surface area contributed by atoms with Gasteiger partial charge in [-0.05, 0) is 59.5 Å². The lowest BCUT2D eigenvalue weighted by Crippen LogP contribution is -2.25. The fourth-order valence-electron chi connectivity index (χ4n) is 1.97. The summed E-state index contributed by atoms with van der Waals surface area (Å²) < 4.78 is 3.53. The lowest BCUT2D eigenvalue weighted by atomic mass is 10.1. The Morgan fingerprint density at radius 2 is 2.33 bits per heavy atom. The summed E-state index contributed by atoms with van der Waals surface area (Å²) in [6.07, 6.45) is 5.06. The van der Waals surface area contributed by atoms with Crippen LogP contribution in [0.3, 0.4) is 0 Å². The minimum absolute atomic E-state index is 0.208. The maximum atomic E-state index is 4.53. The van der Waals surface area contributed by atoms with Crippen LogP contribution in [0.4, 0.5) is 0 Å². The van der Waals surface area contributed by atoms with Gasteiger partial charge in [0.2, 0.25) is 0 Å². The Hall–Kier alpha value is -0.400. The number of rotatable bonds is 6. The minimum Gasteiger partial charge on any atom is -0.334 e. The molecule has 0 radical (unpaired) electrons. The predicted molar refractivity (Wildman–Crippen MR) is 85.1 cm³/mol. The van der Waals surface area contributed by atoms with Crippen LogP contribution in [0.2, 0.25) is 0 Å². The summed E-state index contributed by atoms with van der Waals surface area (Å²) in [6, 6.07) is 2.45. The quantitative estimate of drug-likeness (QED) is 0.781. The second-order valence-corrected chi connectivity index (χ2v) is 6.95. The van der Waals surface area contributed by atoms with E-state index in [0.29, 0.717) is 0 Å². The van der Waals surface area contributed by atoms with Gasteiger partial charge in [-0.15, -0.1) is 11.3 Å². The average Bonchev–Trinajstić information content (AvgIpc) is 2.99. The summed E-state index contributed by atoms with van der Waals surface area (Å²) in [7, 11) is 0. The van der Waals surface area contributed by atoms with Crippen LogP contribution >= 0.6 is 33.9 Å². The maximum absolute atomic E-state index is 4.53. The largest absolute Gasteiger partial charge is 0.334 e. The van der Waals surface area contributed by atoms with E-state index in [-0.39, 0.29) is 6.04 Å². The summed E-state index contributed by atoms with van der Waals surface area (Å²) in [5.41, 5.74) is 1.32.